The first-order chi connectivity index (χ1) is 22.9. The van der Waals surface area contributed by atoms with Crippen molar-refractivity contribution in [2.75, 3.05) is 29.5 Å². The minimum absolute atomic E-state index is 0.0110. The van der Waals surface area contributed by atoms with E-state index in [4.69, 9.17) is 9.84 Å². The molecule has 0 saturated heterocycles. The summed E-state index contributed by atoms with van der Waals surface area (Å²) in [5.74, 6) is -1.05. The third-order valence-electron chi connectivity index (χ3n) is 8.20. The molecule has 0 amide bonds. The van der Waals surface area contributed by atoms with Gasteiger partial charge in [0.15, 0.2) is 5.75 Å². The topological polar surface area (TPSA) is 78.8 Å². The number of aliphatic carboxylic acids is 1. The number of halogens is 9. The molecule has 0 radical (unpaired) electrons. The Kier molecular flexibility index (Phi) is 11.9. The monoisotopic (exact) mass is 706 g/mol. The summed E-state index contributed by atoms with van der Waals surface area (Å²) in [6.45, 7) is 1.52. The number of hydrogen-bond acceptors (Lipinski definition) is 6. The summed E-state index contributed by atoms with van der Waals surface area (Å²) in [7, 11) is 0. The second kappa shape index (κ2) is 15.5. The Morgan fingerprint density at radius 3 is 1.94 bits per heavy atom. The van der Waals surface area contributed by atoms with E-state index in [1.54, 1.807) is 0 Å². The molecule has 49 heavy (non-hydrogen) atoms. The number of carboxylic acid groups (broad SMARTS) is 1. The number of carboxylic acids is 1. The number of rotatable bonds is 13. The van der Waals surface area contributed by atoms with Crippen molar-refractivity contribution in [1.29, 1.82) is 0 Å². The minimum Gasteiger partial charge on any atom is -0.490 e. The van der Waals surface area contributed by atoms with Gasteiger partial charge in [-0.05, 0) is 73.2 Å². The van der Waals surface area contributed by atoms with Gasteiger partial charge in [0, 0.05) is 31.9 Å². The molecule has 0 bridgehead atoms. The van der Waals surface area contributed by atoms with E-state index < -0.39 is 59.8 Å². The van der Waals surface area contributed by atoms with Crippen LogP contribution in [0.3, 0.4) is 0 Å². The van der Waals surface area contributed by atoms with Gasteiger partial charge in [-0.3, -0.25) is 4.79 Å². The van der Waals surface area contributed by atoms with Crippen LogP contribution in [0.4, 0.5) is 51.1 Å². The van der Waals surface area contributed by atoms with Crippen LogP contribution >= 0.6 is 0 Å². The van der Waals surface area contributed by atoms with Crippen molar-refractivity contribution in [2.45, 2.75) is 77.1 Å². The largest absolute Gasteiger partial charge is 0.490 e. The molecule has 2 aromatic carbocycles. The van der Waals surface area contributed by atoms with Crippen molar-refractivity contribution >= 4 is 17.6 Å². The molecule has 0 atom stereocenters. The zero-order valence-corrected chi connectivity index (χ0v) is 26.4. The molecular formula is C33H35F9N4O3. The Morgan fingerprint density at radius 2 is 1.41 bits per heavy atom. The number of ether oxygens (including phenoxy) is 1. The first kappa shape index (κ1) is 37.6. The molecule has 0 unspecified atom stereocenters. The van der Waals surface area contributed by atoms with E-state index in [9.17, 15) is 44.3 Å². The van der Waals surface area contributed by atoms with E-state index in [-0.39, 0.29) is 36.4 Å². The third kappa shape index (κ3) is 10.6. The molecule has 1 aliphatic carbocycles. The second-order valence-electron chi connectivity index (χ2n) is 11.9. The first-order valence-electron chi connectivity index (χ1n) is 15.6. The fourth-order valence-electron chi connectivity index (χ4n) is 5.81. The van der Waals surface area contributed by atoms with E-state index in [1.165, 1.54) is 11.0 Å². The summed E-state index contributed by atoms with van der Waals surface area (Å²) in [4.78, 5) is 22.2. The van der Waals surface area contributed by atoms with Gasteiger partial charge in [0.1, 0.15) is 0 Å². The van der Waals surface area contributed by atoms with Crippen LogP contribution in [0.2, 0.25) is 0 Å². The van der Waals surface area contributed by atoms with Gasteiger partial charge in [0.05, 0.1) is 42.1 Å². The molecular weight excluding hydrogens is 671 g/mol. The number of benzene rings is 2. The zero-order valence-electron chi connectivity index (χ0n) is 26.4. The predicted octanol–water partition coefficient (Wildman–Crippen LogP) is 9.00. The van der Waals surface area contributed by atoms with Gasteiger partial charge in [-0.2, -0.15) is 39.5 Å². The van der Waals surface area contributed by atoms with Crippen LogP contribution in [0.25, 0.3) is 0 Å². The van der Waals surface area contributed by atoms with Gasteiger partial charge in [-0.15, -0.1) is 0 Å². The zero-order chi connectivity index (χ0) is 36.0. The second-order valence-corrected chi connectivity index (χ2v) is 11.9. The predicted molar refractivity (Wildman–Crippen MR) is 162 cm³/mol. The molecule has 7 nitrogen and oxygen atoms in total. The highest BCUT2D eigenvalue weighted by molar-refractivity contribution is 5.66. The van der Waals surface area contributed by atoms with Gasteiger partial charge >= 0.3 is 24.5 Å². The summed E-state index contributed by atoms with van der Waals surface area (Å²) >= 11 is 0. The summed E-state index contributed by atoms with van der Waals surface area (Å²) in [5, 5.41) is 8.84. The normalized spacial score (nSPS) is 14.5. The van der Waals surface area contributed by atoms with Crippen molar-refractivity contribution in [1.82, 2.24) is 9.97 Å². The van der Waals surface area contributed by atoms with Crippen LogP contribution in [0.1, 0.15) is 73.3 Å². The van der Waals surface area contributed by atoms with Crippen LogP contribution in [-0.2, 0) is 36.4 Å². The van der Waals surface area contributed by atoms with Crippen molar-refractivity contribution in [3.63, 3.8) is 0 Å². The average molecular weight is 707 g/mol. The molecule has 1 N–H and O–H groups in total. The maximum Gasteiger partial charge on any atom is 0.416 e. The summed E-state index contributed by atoms with van der Waals surface area (Å²) in [6, 6.07) is 4.26. The number of carbonyl (C=O) groups is 1. The lowest BCUT2D eigenvalue weighted by molar-refractivity contribution is -0.143. The molecule has 0 aliphatic heterocycles. The molecule has 1 heterocycles. The molecule has 1 fully saturated rings. The van der Waals surface area contributed by atoms with Crippen LogP contribution in [0, 0.1) is 5.92 Å². The molecule has 268 valence electrons. The maximum atomic E-state index is 14.0. The SMILES string of the molecule is CCN(CC1CCCCC1)c1ccc(C(F)(F)F)cc1CN(Cc1cc(C(F)(F)F)cc(C(F)(F)F)c1)c1ncc(OCCC(=O)O)cn1. The molecule has 3 aromatic rings. The number of hydrogen-bond donors (Lipinski definition) is 1. The van der Waals surface area contributed by atoms with Gasteiger partial charge in [0.2, 0.25) is 5.95 Å². The highest BCUT2D eigenvalue weighted by atomic mass is 19.4. The van der Waals surface area contributed by atoms with Crippen molar-refractivity contribution < 1.29 is 54.2 Å². The average Bonchev–Trinajstić information content (AvgIpc) is 3.03. The van der Waals surface area contributed by atoms with Crippen molar-refractivity contribution in [2.24, 2.45) is 5.92 Å². The Balaban J connectivity index is 1.79. The quantitative estimate of drug-likeness (QED) is 0.178. The van der Waals surface area contributed by atoms with Gasteiger partial charge in [-0.1, -0.05) is 19.3 Å². The maximum absolute atomic E-state index is 14.0. The highest BCUT2D eigenvalue weighted by Gasteiger charge is 2.37. The van der Waals surface area contributed by atoms with Gasteiger partial charge < -0.3 is 19.6 Å². The highest BCUT2D eigenvalue weighted by Crippen LogP contribution is 2.38. The first-order valence-corrected chi connectivity index (χ1v) is 15.6. The van der Waals surface area contributed by atoms with Crippen LogP contribution in [0.5, 0.6) is 5.75 Å². The van der Waals surface area contributed by atoms with E-state index in [0.29, 0.717) is 36.8 Å². The number of alkyl halides is 9. The standard InChI is InChI=1S/C33H35F9N4O3/c1-2-45(18-21-6-4-3-5-7-21)28-9-8-24(31(34,35)36)14-23(28)20-46(30-43-16-27(17-44-30)49-11-10-29(47)48)19-22-12-25(32(37,38)39)15-26(13-22)33(40,41)42/h8-9,12-17,21H,2-7,10-11,18-20H2,1H3,(H,47,48). The summed E-state index contributed by atoms with van der Waals surface area (Å²) in [5.41, 5.74) is -3.98. The van der Waals surface area contributed by atoms with E-state index in [0.717, 1.165) is 56.6 Å². The third-order valence-corrected chi connectivity index (χ3v) is 8.20. The fraction of sp³-hybridized carbons (Fsp3) is 0.485. The molecule has 1 aromatic heterocycles. The van der Waals surface area contributed by atoms with E-state index >= 15 is 0 Å². The number of aromatic nitrogens is 2. The fourth-order valence-corrected chi connectivity index (χ4v) is 5.81. The van der Waals surface area contributed by atoms with Crippen LogP contribution in [-0.4, -0.2) is 40.7 Å². The molecule has 4 rings (SSSR count). The Labute approximate surface area is 276 Å². The van der Waals surface area contributed by atoms with Crippen molar-refractivity contribution in [3.8, 4) is 5.75 Å². The van der Waals surface area contributed by atoms with Gasteiger partial charge in [0.25, 0.3) is 0 Å². The molecule has 1 saturated carbocycles. The summed E-state index contributed by atoms with van der Waals surface area (Å²) in [6.07, 6.45) is -8.04. The summed E-state index contributed by atoms with van der Waals surface area (Å²) < 4.78 is 129. The Bertz CT molecular complexity index is 1520. The lowest BCUT2D eigenvalue weighted by atomic mass is 9.88. The number of anilines is 2. The molecule has 16 heteroatoms. The Morgan fingerprint density at radius 1 is 0.816 bits per heavy atom. The molecule has 1 aliphatic rings. The lowest BCUT2D eigenvalue weighted by Crippen LogP contribution is -2.32. The van der Waals surface area contributed by atoms with Gasteiger partial charge in [-0.25, -0.2) is 9.97 Å². The number of nitrogens with zero attached hydrogens (tertiary/aromatic N) is 4. The van der Waals surface area contributed by atoms with Crippen LogP contribution in [0.15, 0.2) is 48.8 Å². The van der Waals surface area contributed by atoms with Crippen molar-refractivity contribution in [3.05, 3.63) is 76.6 Å². The van der Waals surface area contributed by atoms with Crippen LogP contribution < -0.4 is 14.5 Å². The smallest absolute Gasteiger partial charge is 0.416 e. The Hall–Kier alpha value is -4.24. The van der Waals surface area contributed by atoms with E-state index in [2.05, 4.69) is 9.97 Å². The molecule has 0 spiro atoms. The lowest BCUT2D eigenvalue weighted by Gasteiger charge is -2.33. The minimum atomic E-state index is -5.12. The van der Waals surface area contributed by atoms with E-state index in [1.807, 2.05) is 11.8 Å².